The van der Waals surface area contributed by atoms with Gasteiger partial charge in [-0.2, -0.15) is 0 Å². The summed E-state index contributed by atoms with van der Waals surface area (Å²) in [6.07, 6.45) is 1.74. The Hall–Kier alpha value is -0.401. The summed E-state index contributed by atoms with van der Waals surface area (Å²) in [7, 11) is 0. The van der Waals surface area contributed by atoms with E-state index in [9.17, 15) is 0 Å². The quantitative estimate of drug-likeness (QED) is 0.432. The van der Waals surface area contributed by atoms with Crippen molar-refractivity contribution in [2.45, 2.75) is 0 Å². The van der Waals surface area contributed by atoms with Gasteiger partial charge in [0.2, 0.25) is 0 Å². The van der Waals surface area contributed by atoms with Gasteiger partial charge in [0.1, 0.15) is 0 Å². The minimum atomic E-state index is 0.608. The van der Waals surface area contributed by atoms with Crippen LogP contribution >= 0.6 is 0 Å². The first-order valence-electron chi connectivity index (χ1n) is 1.96. The molecule has 0 amide bonds. The topological polar surface area (TPSA) is 25.8 Å². The first kappa shape index (κ1) is 3.58. The van der Waals surface area contributed by atoms with Crippen LogP contribution in [0.3, 0.4) is 0 Å². The molecule has 1 aliphatic rings. The molecule has 0 aliphatic carbocycles. The molecule has 1 aromatic heterocycles. The van der Waals surface area contributed by atoms with Gasteiger partial charge in [-0.05, 0) is 0 Å². The third kappa shape index (κ3) is 0.457. The Morgan fingerprint density at radius 3 is 3.14 bits per heavy atom. The maximum atomic E-state index is 3.85. The summed E-state index contributed by atoms with van der Waals surface area (Å²) in [6.45, 7) is 0. The van der Waals surface area contributed by atoms with Gasteiger partial charge < -0.3 is 0 Å². The molecule has 1 aliphatic heterocycles. The van der Waals surface area contributed by atoms with Crippen LogP contribution in [0, 0.1) is 0 Å². The van der Waals surface area contributed by atoms with Crippen molar-refractivity contribution in [1.29, 1.82) is 0 Å². The predicted molar refractivity (Wildman–Crippen MR) is 27.1 cm³/mol. The number of hydrogen-bond donors (Lipinski definition) is 0. The molecular formula is C4H2N2Se. The van der Waals surface area contributed by atoms with Crippen molar-refractivity contribution < 1.29 is 0 Å². The van der Waals surface area contributed by atoms with Gasteiger partial charge in [0, 0.05) is 0 Å². The van der Waals surface area contributed by atoms with Crippen LogP contribution in [0.1, 0.15) is 0 Å². The van der Waals surface area contributed by atoms with Crippen molar-refractivity contribution in [3.05, 3.63) is 12.3 Å². The summed E-state index contributed by atoms with van der Waals surface area (Å²) >= 11 is 0.608. The fraction of sp³-hybridized carbons (Fsp3) is 0. The Bertz CT molecular complexity index is 178. The molecular weight excluding hydrogens is 155 g/mol. The first-order valence-corrected chi connectivity index (χ1v) is 3.68. The van der Waals surface area contributed by atoms with Gasteiger partial charge >= 0.3 is 46.5 Å². The zero-order chi connectivity index (χ0) is 4.69. The van der Waals surface area contributed by atoms with Gasteiger partial charge in [-0.3, -0.25) is 0 Å². The monoisotopic (exact) mass is 158 g/mol. The van der Waals surface area contributed by atoms with E-state index in [-0.39, 0.29) is 0 Å². The Morgan fingerprint density at radius 2 is 2.57 bits per heavy atom. The number of fused-ring (bicyclic) bond motifs is 1. The van der Waals surface area contributed by atoms with Crippen LogP contribution in [0.4, 0.5) is 0 Å². The van der Waals surface area contributed by atoms with Gasteiger partial charge in [-0.25, -0.2) is 0 Å². The molecule has 2 heterocycles. The molecule has 0 atom stereocenters. The average molecular weight is 157 g/mol. The van der Waals surface area contributed by atoms with E-state index in [0.717, 1.165) is 0 Å². The fourth-order valence-corrected chi connectivity index (χ4v) is 1.45. The van der Waals surface area contributed by atoms with Crippen LogP contribution in [-0.2, 0) is 0 Å². The molecule has 1 aromatic rings. The standard InChI is InChI=1S/C4H2N2Se/c1-2-5-6-4-3(1)7-4/h1-2H. The molecule has 0 fully saturated rings. The Kier molecular flexibility index (Phi) is 0.540. The van der Waals surface area contributed by atoms with Crippen LogP contribution in [0.2, 0.25) is 0 Å². The second kappa shape index (κ2) is 1.05. The third-order valence-corrected chi connectivity index (χ3v) is 2.58. The minimum absolute atomic E-state index is 0.608. The number of aromatic nitrogens is 2. The third-order valence-electron chi connectivity index (χ3n) is 0.817. The van der Waals surface area contributed by atoms with Gasteiger partial charge in [0.05, 0.1) is 0 Å². The summed E-state index contributed by atoms with van der Waals surface area (Å²) < 4.78 is 2.65. The zero-order valence-corrected chi connectivity index (χ0v) is 5.17. The number of rotatable bonds is 0. The molecule has 0 spiro atoms. The summed E-state index contributed by atoms with van der Waals surface area (Å²) in [4.78, 5) is 0. The van der Waals surface area contributed by atoms with Crippen LogP contribution in [0.5, 0.6) is 0 Å². The van der Waals surface area contributed by atoms with E-state index in [0.29, 0.717) is 15.0 Å². The molecule has 0 aromatic carbocycles. The average Bonchev–Trinajstić information content (AvgIpc) is 2.41. The summed E-state index contributed by atoms with van der Waals surface area (Å²) in [5.74, 6) is 0. The van der Waals surface area contributed by atoms with Crippen molar-refractivity contribution in [3.63, 3.8) is 0 Å². The van der Waals surface area contributed by atoms with E-state index >= 15 is 0 Å². The van der Waals surface area contributed by atoms with Crippen LogP contribution in [-0.4, -0.2) is 25.2 Å². The molecule has 0 saturated carbocycles. The van der Waals surface area contributed by atoms with E-state index in [2.05, 4.69) is 10.2 Å². The van der Waals surface area contributed by atoms with Gasteiger partial charge in [0.25, 0.3) is 0 Å². The first-order chi connectivity index (χ1) is 3.47. The van der Waals surface area contributed by atoms with E-state index in [4.69, 9.17) is 0 Å². The molecule has 0 N–H and O–H groups in total. The Balaban J connectivity index is 2.73. The normalized spacial score (nSPS) is 13.1. The molecule has 0 saturated heterocycles. The molecule has 2 rings (SSSR count). The Labute approximate surface area is 47.1 Å². The molecule has 2 nitrogen and oxygen atoms in total. The van der Waals surface area contributed by atoms with Gasteiger partial charge in [-0.1, -0.05) is 0 Å². The van der Waals surface area contributed by atoms with Crippen molar-refractivity contribution in [3.8, 4) is 0 Å². The van der Waals surface area contributed by atoms with E-state index < -0.39 is 0 Å². The molecule has 7 heavy (non-hydrogen) atoms. The van der Waals surface area contributed by atoms with Gasteiger partial charge in [0.15, 0.2) is 0 Å². The van der Waals surface area contributed by atoms with E-state index in [1.807, 2.05) is 6.07 Å². The van der Waals surface area contributed by atoms with Crippen molar-refractivity contribution in [2.24, 2.45) is 0 Å². The summed E-state index contributed by atoms with van der Waals surface area (Å²) in [6, 6.07) is 2.03. The van der Waals surface area contributed by atoms with Crippen molar-refractivity contribution in [1.82, 2.24) is 10.2 Å². The number of hydrogen-bond acceptors (Lipinski definition) is 2. The number of nitrogens with zero attached hydrogens (tertiary/aromatic N) is 2. The van der Waals surface area contributed by atoms with Gasteiger partial charge in [-0.15, -0.1) is 0 Å². The SMILES string of the molecule is c1cc2c(nn1)[Se]2. The van der Waals surface area contributed by atoms with Crippen molar-refractivity contribution in [2.75, 3.05) is 0 Å². The summed E-state index contributed by atoms with van der Waals surface area (Å²) in [5, 5.41) is 7.55. The predicted octanol–water partition coefficient (Wildman–Crippen LogP) is -1.56. The van der Waals surface area contributed by atoms with Crippen LogP contribution in [0.15, 0.2) is 12.3 Å². The van der Waals surface area contributed by atoms with Crippen molar-refractivity contribution >= 4 is 24.0 Å². The molecule has 34 valence electrons. The molecule has 0 unspecified atom stereocenters. The second-order valence-electron chi connectivity index (χ2n) is 1.30. The fourth-order valence-electron chi connectivity index (χ4n) is 0.440. The summed E-state index contributed by atoms with van der Waals surface area (Å²) in [5.41, 5.74) is 0. The zero-order valence-electron chi connectivity index (χ0n) is 3.46. The molecule has 0 bridgehead atoms. The molecule has 0 radical (unpaired) electrons. The maximum absolute atomic E-state index is 3.85. The Morgan fingerprint density at radius 1 is 1.57 bits per heavy atom. The van der Waals surface area contributed by atoms with E-state index in [1.54, 1.807) is 6.20 Å². The molecule has 3 heteroatoms. The van der Waals surface area contributed by atoms with Crippen LogP contribution in [0.25, 0.3) is 0 Å². The second-order valence-corrected chi connectivity index (χ2v) is 3.47. The van der Waals surface area contributed by atoms with Crippen LogP contribution < -0.4 is 9.05 Å². The van der Waals surface area contributed by atoms with E-state index in [1.165, 1.54) is 9.05 Å².